The number of esters is 1. The summed E-state index contributed by atoms with van der Waals surface area (Å²) in [6, 6.07) is 5.52. The maximum atomic E-state index is 12.3. The second-order valence-corrected chi connectivity index (χ2v) is 6.04. The lowest BCUT2D eigenvalue weighted by Crippen LogP contribution is -2.26. The van der Waals surface area contributed by atoms with Crippen LogP contribution in [0.3, 0.4) is 0 Å². The van der Waals surface area contributed by atoms with E-state index in [1.165, 1.54) is 40.3 Å². The van der Waals surface area contributed by atoms with E-state index in [1.54, 1.807) is 6.07 Å². The molecular formula is C13H16N2O6S. The summed E-state index contributed by atoms with van der Waals surface area (Å²) < 4.78 is 35.1. The first-order valence-corrected chi connectivity index (χ1v) is 7.53. The van der Waals surface area contributed by atoms with E-state index in [0.29, 0.717) is 4.47 Å². The van der Waals surface area contributed by atoms with Crippen molar-refractivity contribution in [2.24, 2.45) is 0 Å². The van der Waals surface area contributed by atoms with Gasteiger partial charge in [-0.25, -0.2) is 13.2 Å². The third-order valence-corrected chi connectivity index (χ3v) is 4.44. The van der Waals surface area contributed by atoms with Crippen molar-refractivity contribution in [3.05, 3.63) is 23.8 Å². The number of nitrogens with zero attached hydrogens (tertiary/aromatic N) is 2. The molecule has 9 heteroatoms. The van der Waals surface area contributed by atoms with E-state index in [-0.39, 0.29) is 16.2 Å². The Kier molecular flexibility index (Phi) is 5.87. The predicted octanol–water partition coefficient (Wildman–Crippen LogP) is 0.946. The third-order valence-electron chi connectivity index (χ3n) is 2.74. The van der Waals surface area contributed by atoms with Crippen LogP contribution in [0.25, 0.3) is 0 Å². The second kappa shape index (κ2) is 7.22. The van der Waals surface area contributed by atoms with Gasteiger partial charge in [-0.05, 0) is 25.1 Å². The van der Waals surface area contributed by atoms with E-state index >= 15 is 0 Å². The number of carbonyl (C=O) groups excluding carboxylic acids is 1. The molecular weight excluding hydrogens is 312 g/mol. The van der Waals surface area contributed by atoms with E-state index in [0.717, 1.165) is 6.07 Å². The maximum Gasteiger partial charge on any atom is 0.339 e. The largest absolute Gasteiger partial charge is 0.495 e. The van der Waals surface area contributed by atoms with Crippen LogP contribution in [0.5, 0.6) is 5.75 Å². The van der Waals surface area contributed by atoms with Crippen LogP contribution in [0.1, 0.15) is 17.3 Å². The van der Waals surface area contributed by atoms with Gasteiger partial charge in [-0.15, -0.1) is 0 Å². The first-order valence-electron chi connectivity index (χ1n) is 6.09. The van der Waals surface area contributed by atoms with Crippen molar-refractivity contribution in [3.63, 3.8) is 0 Å². The monoisotopic (exact) mass is 328 g/mol. The Morgan fingerprint density at radius 3 is 2.50 bits per heavy atom. The Bertz CT molecular complexity index is 695. The molecule has 0 saturated heterocycles. The van der Waals surface area contributed by atoms with Gasteiger partial charge in [-0.3, -0.25) is 4.84 Å². The van der Waals surface area contributed by atoms with E-state index < -0.39 is 22.1 Å². The number of hydrogen-bond acceptors (Lipinski definition) is 7. The van der Waals surface area contributed by atoms with Gasteiger partial charge in [0.05, 0.1) is 19.8 Å². The van der Waals surface area contributed by atoms with Gasteiger partial charge in [0.1, 0.15) is 16.7 Å². The molecule has 0 radical (unpaired) electrons. The zero-order valence-electron chi connectivity index (χ0n) is 12.6. The molecule has 1 aromatic carbocycles. The van der Waals surface area contributed by atoms with Gasteiger partial charge in [-0.2, -0.15) is 5.26 Å². The van der Waals surface area contributed by atoms with Gasteiger partial charge in [0, 0.05) is 7.05 Å². The zero-order chi connectivity index (χ0) is 16.9. The highest BCUT2D eigenvalue weighted by atomic mass is 32.2. The fraction of sp³-hybridized carbons (Fsp3) is 0.385. The molecule has 0 aliphatic heterocycles. The van der Waals surface area contributed by atoms with Crippen LogP contribution in [-0.4, -0.2) is 46.2 Å². The smallest absolute Gasteiger partial charge is 0.339 e. The summed E-state index contributed by atoms with van der Waals surface area (Å²) in [5.41, 5.74) is -0.0222. The highest BCUT2D eigenvalue weighted by molar-refractivity contribution is 7.89. The summed E-state index contributed by atoms with van der Waals surface area (Å²) in [5.74, 6) is -0.762. The summed E-state index contributed by atoms with van der Waals surface area (Å²) in [5, 5.41) is 8.63. The van der Waals surface area contributed by atoms with Gasteiger partial charge in [0.25, 0.3) is 10.0 Å². The molecule has 0 N–H and O–H groups in total. The van der Waals surface area contributed by atoms with Crippen LogP contribution < -0.4 is 4.74 Å². The lowest BCUT2D eigenvalue weighted by atomic mass is 10.2. The van der Waals surface area contributed by atoms with Gasteiger partial charge in [-0.1, -0.05) is 4.47 Å². The summed E-state index contributed by atoms with van der Waals surface area (Å²) in [6.07, 6.45) is -0.948. The normalized spacial score (nSPS) is 12.5. The number of hydrogen-bond donors (Lipinski definition) is 0. The number of ether oxygens (including phenoxy) is 2. The number of sulfonamides is 1. The molecule has 1 aromatic rings. The van der Waals surface area contributed by atoms with Crippen LogP contribution >= 0.6 is 0 Å². The summed E-state index contributed by atoms with van der Waals surface area (Å²) in [6.45, 7) is 1.40. The number of rotatable bonds is 6. The third kappa shape index (κ3) is 3.73. The lowest BCUT2D eigenvalue weighted by Gasteiger charge is -2.17. The maximum absolute atomic E-state index is 12.3. The minimum Gasteiger partial charge on any atom is -0.495 e. The predicted molar refractivity (Wildman–Crippen MR) is 75.4 cm³/mol. The molecule has 0 unspecified atom stereocenters. The molecule has 0 saturated carbocycles. The molecule has 0 fully saturated rings. The van der Waals surface area contributed by atoms with Gasteiger partial charge in [0.2, 0.25) is 0 Å². The standard InChI is InChI=1S/C13H16N2O6S/c1-9(8-14)21-13(16)10-5-6-11(19-3)12(7-10)22(17,18)15(2)20-4/h5-7,9H,1-4H3/t9-/m1/s1. The number of methoxy groups -OCH3 is 1. The van der Waals surface area contributed by atoms with E-state index in [1.807, 2.05) is 0 Å². The first-order chi connectivity index (χ1) is 10.3. The van der Waals surface area contributed by atoms with E-state index in [2.05, 4.69) is 4.84 Å². The quantitative estimate of drug-likeness (QED) is 0.565. The summed E-state index contributed by atoms with van der Waals surface area (Å²) in [4.78, 5) is 16.3. The topological polar surface area (TPSA) is 106 Å². The van der Waals surface area contributed by atoms with Crippen molar-refractivity contribution in [2.45, 2.75) is 17.9 Å². The van der Waals surface area contributed by atoms with Crippen molar-refractivity contribution < 1.29 is 27.5 Å². The molecule has 0 amide bonds. The van der Waals surface area contributed by atoms with Crippen LogP contribution in [0, 0.1) is 11.3 Å². The molecule has 0 aliphatic rings. The Labute approximate surface area is 128 Å². The molecule has 22 heavy (non-hydrogen) atoms. The fourth-order valence-electron chi connectivity index (χ4n) is 1.50. The van der Waals surface area contributed by atoms with Gasteiger partial charge < -0.3 is 9.47 Å². The number of hydroxylamine groups is 1. The number of nitriles is 1. The van der Waals surface area contributed by atoms with Crippen LogP contribution in [0.2, 0.25) is 0 Å². The Hall–Kier alpha value is -2.15. The van der Waals surface area contributed by atoms with Crippen molar-refractivity contribution >= 4 is 16.0 Å². The number of benzene rings is 1. The van der Waals surface area contributed by atoms with Crippen molar-refractivity contribution in [1.82, 2.24) is 4.47 Å². The van der Waals surface area contributed by atoms with Gasteiger partial charge >= 0.3 is 5.97 Å². The molecule has 0 spiro atoms. The molecule has 0 bridgehead atoms. The van der Waals surface area contributed by atoms with E-state index in [4.69, 9.17) is 14.7 Å². The summed E-state index contributed by atoms with van der Waals surface area (Å²) >= 11 is 0. The Morgan fingerprint density at radius 1 is 1.36 bits per heavy atom. The highest BCUT2D eigenvalue weighted by Crippen LogP contribution is 2.27. The van der Waals surface area contributed by atoms with Crippen LogP contribution in [0.4, 0.5) is 0 Å². The van der Waals surface area contributed by atoms with Crippen molar-refractivity contribution in [1.29, 1.82) is 5.26 Å². The van der Waals surface area contributed by atoms with Crippen LogP contribution in [-0.2, 0) is 19.6 Å². The molecule has 8 nitrogen and oxygen atoms in total. The minimum absolute atomic E-state index is 0.0222. The average molecular weight is 328 g/mol. The highest BCUT2D eigenvalue weighted by Gasteiger charge is 2.27. The zero-order valence-corrected chi connectivity index (χ0v) is 13.4. The molecule has 0 aromatic heterocycles. The first kappa shape index (κ1) is 17.9. The Morgan fingerprint density at radius 2 is 2.00 bits per heavy atom. The molecule has 0 aliphatic carbocycles. The summed E-state index contributed by atoms with van der Waals surface area (Å²) in [7, 11) is -0.309. The fourth-order valence-corrected chi connectivity index (χ4v) is 2.65. The Balaban J connectivity index is 3.32. The molecule has 1 rings (SSSR count). The van der Waals surface area contributed by atoms with Crippen LogP contribution in [0.15, 0.2) is 23.1 Å². The minimum atomic E-state index is -4.01. The molecule has 0 heterocycles. The number of carbonyl (C=O) groups is 1. The average Bonchev–Trinajstić information content (AvgIpc) is 2.52. The molecule has 120 valence electrons. The second-order valence-electron chi connectivity index (χ2n) is 4.14. The van der Waals surface area contributed by atoms with Crippen molar-refractivity contribution in [2.75, 3.05) is 21.3 Å². The lowest BCUT2D eigenvalue weighted by molar-refractivity contribution is -0.0259. The SMILES string of the molecule is COc1ccc(C(=O)O[C@H](C)C#N)cc1S(=O)(=O)N(C)OC. The van der Waals surface area contributed by atoms with Crippen molar-refractivity contribution in [3.8, 4) is 11.8 Å². The molecule has 1 atom stereocenters. The van der Waals surface area contributed by atoms with E-state index in [9.17, 15) is 13.2 Å². The van der Waals surface area contributed by atoms with Gasteiger partial charge in [0.15, 0.2) is 6.10 Å².